The van der Waals surface area contributed by atoms with Crippen molar-refractivity contribution in [1.29, 1.82) is 5.26 Å². The van der Waals surface area contributed by atoms with Crippen LogP contribution in [-0.4, -0.2) is 5.91 Å². The normalized spacial score (nSPS) is 20.1. The van der Waals surface area contributed by atoms with Crippen molar-refractivity contribution in [2.45, 2.75) is 38.6 Å². The first-order valence-electron chi connectivity index (χ1n) is 5.67. The number of carbonyl (C=O) groups excluding carboxylic acids is 1. The second-order valence-electron chi connectivity index (χ2n) is 5.58. The van der Waals surface area contributed by atoms with E-state index in [4.69, 9.17) is 5.26 Å². The summed E-state index contributed by atoms with van der Waals surface area (Å²) in [5, 5.41) is 12.0. The molecule has 0 spiro atoms. The molecule has 1 heterocycles. The highest BCUT2D eigenvalue weighted by Gasteiger charge is 2.42. The molecular formula is C14H16N2O. The van der Waals surface area contributed by atoms with Crippen LogP contribution in [0, 0.1) is 11.3 Å². The van der Waals surface area contributed by atoms with Crippen LogP contribution in [0.4, 0.5) is 0 Å². The predicted molar refractivity (Wildman–Crippen MR) is 65.4 cm³/mol. The van der Waals surface area contributed by atoms with Crippen molar-refractivity contribution in [2.24, 2.45) is 0 Å². The van der Waals surface area contributed by atoms with E-state index >= 15 is 0 Å². The van der Waals surface area contributed by atoms with Crippen LogP contribution in [0.3, 0.4) is 0 Å². The molecule has 0 radical (unpaired) electrons. The van der Waals surface area contributed by atoms with Crippen LogP contribution in [0.2, 0.25) is 0 Å². The molecule has 0 bridgehead atoms. The van der Waals surface area contributed by atoms with E-state index in [1.54, 1.807) is 6.07 Å². The van der Waals surface area contributed by atoms with E-state index in [1.165, 1.54) is 0 Å². The Morgan fingerprint density at radius 2 is 1.82 bits per heavy atom. The van der Waals surface area contributed by atoms with Crippen LogP contribution in [0.1, 0.15) is 44.4 Å². The lowest BCUT2D eigenvalue weighted by molar-refractivity contribution is -0.128. The molecule has 0 atom stereocenters. The zero-order valence-corrected chi connectivity index (χ0v) is 10.6. The SMILES string of the molecule is CC1(C)NC(=O)C(C)(C)c2cc(C#N)ccc21. The van der Waals surface area contributed by atoms with Gasteiger partial charge in [-0.15, -0.1) is 0 Å². The molecule has 0 fully saturated rings. The minimum atomic E-state index is -0.586. The highest BCUT2D eigenvalue weighted by molar-refractivity contribution is 5.90. The summed E-state index contributed by atoms with van der Waals surface area (Å²) in [6.45, 7) is 7.73. The number of rotatable bonds is 0. The van der Waals surface area contributed by atoms with Crippen molar-refractivity contribution >= 4 is 5.91 Å². The summed E-state index contributed by atoms with van der Waals surface area (Å²) < 4.78 is 0. The Bertz CT molecular complexity index is 536. The molecule has 1 N–H and O–H groups in total. The zero-order chi connectivity index (χ0) is 12.8. The van der Waals surface area contributed by atoms with Crippen LogP contribution < -0.4 is 5.32 Å². The third-order valence-electron chi connectivity index (χ3n) is 3.49. The fourth-order valence-corrected chi connectivity index (χ4v) is 2.31. The highest BCUT2D eigenvalue weighted by atomic mass is 16.2. The number of hydrogen-bond acceptors (Lipinski definition) is 2. The molecule has 0 saturated heterocycles. The van der Waals surface area contributed by atoms with E-state index in [1.807, 2.05) is 39.8 Å². The average molecular weight is 228 g/mol. The van der Waals surface area contributed by atoms with Gasteiger partial charge in [-0.25, -0.2) is 0 Å². The minimum Gasteiger partial charge on any atom is -0.346 e. The van der Waals surface area contributed by atoms with Gasteiger partial charge in [0.05, 0.1) is 22.6 Å². The number of nitrogens with one attached hydrogen (secondary N) is 1. The van der Waals surface area contributed by atoms with Crippen LogP contribution in [-0.2, 0) is 15.7 Å². The van der Waals surface area contributed by atoms with Crippen molar-refractivity contribution in [2.75, 3.05) is 0 Å². The summed E-state index contributed by atoms with van der Waals surface area (Å²) in [5.41, 5.74) is 1.67. The first-order valence-corrected chi connectivity index (χ1v) is 5.67. The lowest BCUT2D eigenvalue weighted by Gasteiger charge is -2.41. The van der Waals surface area contributed by atoms with E-state index in [0.29, 0.717) is 5.56 Å². The van der Waals surface area contributed by atoms with Crippen molar-refractivity contribution in [3.63, 3.8) is 0 Å². The van der Waals surface area contributed by atoms with Crippen LogP contribution in [0.15, 0.2) is 18.2 Å². The number of benzene rings is 1. The predicted octanol–water partition coefficient (Wildman–Crippen LogP) is 2.20. The molecular weight excluding hydrogens is 212 g/mol. The maximum absolute atomic E-state index is 12.1. The molecule has 1 amide bonds. The number of hydrogen-bond donors (Lipinski definition) is 1. The summed E-state index contributed by atoms with van der Waals surface area (Å²) >= 11 is 0. The molecule has 1 aliphatic rings. The van der Waals surface area contributed by atoms with Crippen molar-refractivity contribution < 1.29 is 4.79 Å². The monoisotopic (exact) mass is 228 g/mol. The van der Waals surface area contributed by atoms with E-state index in [2.05, 4.69) is 11.4 Å². The van der Waals surface area contributed by atoms with Gasteiger partial charge in [-0.3, -0.25) is 4.79 Å². The Balaban J connectivity index is 2.74. The van der Waals surface area contributed by atoms with Gasteiger partial charge in [-0.2, -0.15) is 5.26 Å². The first-order chi connectivity index (χ1) is 7.79. The maximum Gasteiger partial charge on any atom is 0.230 e. The fraction of sp³-hybridized carbons (Fsp3) is 0.429. The van der Waals surface area contributed by atoms with E-state index in [9.17, 15) is 4.79 Å². The fourth-order valence-electron chi connectivity index (χ4n) is 2.31. The standard InChI is InChI=1S/C14H16N2O/c1-13(2)11-7-9(8-15)5-6-10(11)14(3,4)16-12(13)17/h5-7H,1-4H3,(H,16,17). The molecule has 2 rings (SSSR count). The third-order valence-corrected chi connectivity index (χ3v) is 3.49. The molecule has 3 nitrogen and oxygen atoms in total. The van der Waals surface area contributed by atoms with Crippen LogP contribution in [0.5, 0.6) is 0 Å². The molecule has 17 heavy (non-hydrogen) atoms. The molecule has 1 aliphatic heterocycles. The smallest absolute Gasteiger partial charge is 0.230 e. The van der Waals surface area contributed by atoms with Gasteiger partial charge >= 0.3 is 0 Å². The Labute approximate surface area is 101 Å². The number of nitrogens with zero attached hydrogens (tertiary/aromatic N) is 1. The van der Waals surface area contributed by atoms with Crippen molar-refractivity contribution in [3.8, 4) is 6.07 Å². The summed E-state index contributed by atoms with van der Waals surface area (Å²) in [5.74, 6) is 0.00471. The Hall–Kier alpha value is -1.82. The zero-order valence-electron chi connectivity index (χ0n) is 10.6. The molecule has 0 aliphatic carbocycles. The van der Waals surface area contributed by atoms with Gasteiger partial charge in [-0.1, -0.05) is 6.07 Å². The quantitative estimate of drug-likeness (QED) is 0.740. The Kier molecular flexibility index (Phi) is 2.29. The van der Waals surface area contributed by atoms with Crippen molar-refractivity contribution in [1.82, 2.24) is 5.32 Å². The number of nitriles is 1. The van der Waals surface area contributed by atoms with Crippen LogP contribution in [0.25, 0.3) is 0 Å². The van der Waals surface area contributed by atoms with Gasteiger partial charge in [0, 0.05) is 0 Å². The number of fused-ring (bicyclic) bond motifs is 1. The number of carbonyl (C=O) groups is 1. The molecule has 0 unspecified atom stereocenters. The molecule has 1 aromatic carbocycles. The van der Waals surface area contributed by atoms with Gasteiger partial charge < -0.3 is 5.32 Å². The van der Waals surface area contributed by atoms with Gasteiger partial charge in [0.15, 0.2) is 0 Å². The second-order valence-corrected chi connectivity index (χ2v) is 5.58. The lowest BCUT2D eigenvalue weighted by Crippen LogP contribution is -2.54. The van der Waals surface area contributed by atoms with E-state index in [0.717, 1.165) is 11.1 Å². The topological polar surface area (TPSA) is 52.9 Å². The largest absolute Gasteiger partial charge is 0.346 e. The molecule has 0 aromatic heterocycles. The Morgan fingerprint density at radius 3 is 2.41 bits per heavy atom. The maximum atomic E-state index is 12.1. The van der Waals surface area contributed by atoms with Crippen LogP contribution >= 0.6 is 0 Å². The highest BCUT2D eigenvalue weighted by Crippen LogP contribution is 2.38. The molecule has 1 aromatic rings. The average Bonchev–Trinajstić information content (AvgIpc) is 2.26. The summed E-state index contributed by atoms with van der Waals surface area (Å²) in [7, 11) is 0. The second kappa shape index (κ2) is 3.33. The summed E-state index contributed by atoms with van der Waals surface area (Å²) in [6.07, 6.45) is 0. The Morgan fingerprint density at radius 1 is 1.18 bits per heavy atom. The minimum absolute atomic E-state index is 0.00471. The van der Waals surface area contributed by atoms with E-state index < -0.39 is 5.41 Å². The summed E-state index contributed by atoms with van der Waals surface area (Å²) in [4.78, 5) is 12.1. The van der Waals surface area contributed by atoms with Crippen molar-refractivity contribution in [3.05, 3.63) is 34.9 Å². The molecule has 88 valence electrons. The first kappa shape index (κ1) is 11.7. The number of amides is 1. The van der Waals surface area contributed by atoms with E-state index in [-0.39, 0.29) is 11.4 Å². The molecule has 3 heteroatoms. The van der Waals surface area contributed by atoms with Gasteiger partial charge in [-0.05, 0) is 51.0 Å². The lowest BCUT2D eigenvalue weighted by atomic mass is 9.72. The molecule has 0 saturated carbocycles. The van der Waals surface area contributed by atoms with Gasteiger partial charge in [0.1, 0.15) is 0 Å². The van der Waals surface area contributed by atoms with Gasteiger partial charge in [0.25, 0.3) is 0 Å². The summed E-state index contributed by atoms with van der Waals surface area (Å²) in [6, 6.07) is 7.69. The van der Waals surface area contributed by atoms with Gasteiger partial charge in [0.2, 0.25) is 5.91 Å². The third kappa shape index (κ3) is 1.61.